The van der Waals surface area contributed by atoms with Gasteiger partial charge in [0.1, 0.15) is 6.34 Å². The SMILES string of the molecule is Cl.NC1CCN(N2C=NC=C(Br)C2)C1. The maximum absolute atomic E-state index is 5.83. The minimum Gasteiger partial charge on any atom is -0.326 e. The highest BCUT2D eigenvalue weighted by Crippen LogP contribution is 2.16. The van der Waals surface area contributed by atoms with Crippen molar-refractivity contribution < 1.29 is 0 Å². The third kappa shape index (κ3) is 2.70. The average molecular weight is 282 g/mol. The third-order valence-electron chi connectivity index (χ3n) is 2.29. The molecule has 0 radical (unpaired) electrons. The molecule has 2 rings (SSSR count). The van der Waals surface area contributed by atoms with Crippen molar-refractivity contribution in [2.45, 2.75) is 12.5 Å². The smallest absolute Gasteiger partial charge is 0.105 e. The van der Waals surface area contributed by atoms with E-state index < -0.39 is 0 Å². The summed E-state index contributed by atoms with van der Waals surface area (Å²) >= 11 is 3.44. The van der Waals surface area contributed by atoms with E-state index in [0.717, 1.165) is 30.5 Å². The van der Waals surface area contributed by atoms with Gasteiger partial charge in [-0.2, -0.15) is 0 Å². The summed E-state index contributed by atoms with van der Waals surface area (Å²) in [4.78, 5) is 4.12. The standard InChI is InChI=1S/C8H13BrN4.ClH/c9-7-3-11-6-13(4-7)12-2-1-8(10)5-12;/h3,6,8H,1-2,4-5,10H2;1H. The number of nitrogens with zero attached hydrogens (tertiary/aromatic N) is 3. The molecule has 6 heteroatoms. The van der Waals surface area contributed by atoms with E-state index in [2.05, 4.69) is 30.9 Å². The van der Waals surface area contributed by atoms with E-state index in [0.29, 0.717) is 6.04 Å². The summed E-state index contributed by atoms with van der Waals surface area (Å²) in [6.07, 6.45) is 4.75. The highest BCUT2D eigenvalue weighted by Gasteiger charge is 2.24. The normalized spacial score (nSPS) is 27.4. The summed E-state index contributed by atoms with van der Waals surface area (Å²) in [7, 11) is 0. The van der Waals surface area contributed by atoms with E-state index in [1.54, 1.807) is 0 Å². The van der Waals surface area contributed by atoms with Gasteiger partial charge in [0, 0.05) is 29.8 Å². The van der Waals surface area contributed by atoms with Crippen molar-refractivity contribution in [1.82, 2.24) is 10.0 Å². The van der Waals surface area contributed by atoms with Crippen LogP contribution in [0.5, 0.6) is 0 Å². The zero-order valence-corrected chi connectivity index (χ0v) is 10.2. The third-order valence-corrected chi connectivity index (χ3v) is 2.75. The van der Waals surface area contributed by atoms with Crippen molar-refractivity contribution in [2.24, 2.45) is 10.7 Å². The molecule has 0 aromatic heterocycles. The number of hydrogen-bond acceptors (Lipinski definition) is 4. The molecule has 0 aromatic rings. The molecule has 1 unspecified atom stereocenters. The summed E-state index contributed by atoms with van der Waals surface area (Å²) in [6, 6.07) is 0.318. The van der Waals surface area contributed by atoms with Crippen LogP contribution in [-0.2, 0) is 0 Å². The molecular formula is C8H14BrClN4. The van der Waals surface area contributed by atoms with Crippen molar-refractivity contribution in [3.63, 3.8) is 0 Å². The second-order valence-corrected chi connectivity index (χ2v) is 4.42. The van der Waals surface area contributed by atoms with Gasteiger partial charge in [0.2, 0.25) is 0 Å². The van der Waals surface area contributed by atoms with Crippen LogP contribution in [0.4, 0.5) is 0 Å². The lowest BCUT2D eigenvalue weighted by Crippen LogP contribution is -2.43. The zero-order chi connectivity index (χ0) is 9.26. The molecule has 0 saturated carbocycles. The maximum atomic E-state index is 5.83. The van der Waals surface area contributed by atoms with E-state index in [1.165, 1.54) is 0 Å². The molecule has 2 N–H and O–H groups in total. The molecule has 1 saturated heterocycles. The van der Waals surface area contributed by atoms with Crippen LogP contribution in [0.3, 0.4) is 0 Å². The second-order valence-electron chi connectivity index (χ2n) is 3.40. The Morgan fingerprint density at radius 1 is 1.57 bits per heavy atom. The number of aliphatic imine (C=N–C) groups is 1. The number of hydrazine groups is 1. The van der Waals surface area contributed by atoms with Gasteiger partial charge in [-0.05, 0) is 6.42 Å². The van der Waals surface area contributed by atoms with Gasteiger partial charge in [-0.3, -0.25) is 5.01 Å². The first-order valence-corrected chi connectivity index (χ1v) is 5.20. The lowest BCUT2D eigenvalue weighted by atomic mass is 10.3. The Hall–Kier alpha value is -0.100. The fraction of sp³-hybridized carbons (Fsp3) is 0.625. The van der Waals surface area contributed by atoms with Crippen molar-refractivity contribution in [2.75, 3.05) is 19.6 Å². The first kappa shape index (κ1) is 12.0. The Morgan fingerprint density at radius 3 is 2.93 bits per heavy atom. The molecule has 0 bridgehead atoms. The van der Waals surface area contributed by atoms with E-state index in [4.69, 9.17) is 5.73 Å². The number of halogens is 2. The highest BCUT2D eigenvalue weighted by atomic mass is 79.9. The Morgan fingerprint density at radius 2 is 2.36 bits per heavy atom. The quantitative estimate of drug-likeness (QED) is 0.778. The van der Waals surface area contributed by atoms with Crippen LogP contribution in [-0.4, -0.2) is 42.0 Å². The molecule has 2 aliphatic rings. The minimum atomic E-state index is 0. The van der Waals surface area contributed by atoms with Gasteiger partial charge in [0.05, 0.1) is 6.54 Å². The second kappa shape index (κ2) is 5.11. The lowest BCUT2D eigenvalue weighted by Gasteiger charge is -2.30. The Bertz CT molecular complexity index is 256. The van der Waals surface area contributed by atoms with Gasteiger partial charge >= 0.3 is 0 Å². The molecule has 1 atom stereocenters. The van der Waals surface area contributed by atoms with Gasteiger partial charge in [-0.15, -0.1) is 12.4 Å². The van der Waals surface area contributed by atoms with Crippen LogP contribution in [0.1, 0.15) is 6.42 Å². The average Bonchev–Trinajstić information content (AvgIpc) is 2.52. The van der Waals surface area contributed by atoms with E-state index in [-0.39, 0.29) is 12.4 Å². The molecule has 80 valence electrons. The van der Waals surface area contributed by atoms with Crippen LogP contribution < -0.4 is 5.73 Å². The number of rotatable bonds is 1. The molecular weight excluding hydrogens is 267 g/mol. The predicted molar refractivity (Wildman–Crippen MR) is 63.6 cm³/mol. The molecule has 0 amide bonds. The summed E-state index contributed by atoms with van der Waals surface area (Å²) in [6.45, 7) is 2.84. The van der Waals surface area contributed by atoms with Gasteiger partial charge in [0.15, 0.2) is 0 Å². The topological polar surface area (TPSA) is 44.9 Å². The van der Waals surface area contributed by atoms with Gasteiger partial charge in [-0.25, -0.2) is 10.0 Å². The summed E-state index contributed by atoms with van der Waals surface area (Å²) < 4.78 is 1.11. The van der Waals surface area contributed by atoms with Gasteiger partial charge < -0.3 is 5.73 Å². The minimum absolute atomic E-state index is 0. The first-order valence-electron chi connectivity index (χ1n) is 4.40. The fourth-order valence-corrected chi connectivity index (χ4v) is 1.98. The van der Waals surface area contributed by atoms with Crippen LogP contribution in [0.15, 0.2) is 15.7 Å². The zero-order valence-electron chi connectivity index (χ0n) is 7.77. The van der Waals surface area contributed by atoms with Crippen molar-refractivity contribution in [3.8, 4) is 0 Å². The predicted octanol–water partition coefficient (Wildman–Crippen LogP) is 0.936. The Labute approximate surface area is 98.3 Å². The molecule has 4 nitrogen and oxygen atoms in total. The summed E-state index contributed by atoms with van der Waals surface area (Å²) in [5.74, 6) is 0. The van der Waals surface area contributed by atoms with Crippen LogP contribution >= 0.6 is 28.3 Å². The molecule has 0 aliphatic carbocycles. The molecule has 0 spiro atoms. The van der Waals surface area contributed by atoms with Gasteiger partial charge in [0.25, 0.3) is 0 Å². The first-order chi connectivity index (χ1) is 6.25. The largest absolute Gasteiger partial charge is 0.326 e. The molecule has 2 aliphatic heterocycles. The van der Waals surface area contributed by atoms with E-state index in [9.17, 15) is 0 Å². The number of hydrogen-bond donors (Lipinski definition) is 1. The molecule has 14 heavy (non-hydrogen) atoms. The number of nitrogens with two attached hydrogens (primary N) is 1. The van der Waals surface area contributed by atoms with Crippen LogP contribution in [0.2, 0.25) is 0 Å². The van der Waals surface area contributed by atoms with Crippen molar-refractivity contribution >= 4 is 34.7 Å². The summed E-state index contributed by atoms with van der Waals surface area (Å²) in [5.41, 5.74) is 5.83. The van der Waals surface area contributed by atoms with E-state index in [1.807, 2.05) is 12.5 Å². The molecule has 2 heterocycles. The van der Waals surface area contributed by atoms with Crippen molar-refractivity contribution in [3.05, 3.63) is 10.7 Å². The molecule has 1 fully saturated rings. The highest BCUT2D eigenvalue weighted by molar-refractivity contribution is 9.11. The van der Waals surface area contributed by atoms with E-state index >= 15 is 0 Å². The van der Waals surface area contributed by atoms with Gasteiger partial charge in [-0.1, -0.05) is 15.9 Å². The maximum Gasteiger partial charge on any atom is 0.105 e. The summed E-state index contributed by atoms with van der Waals surface area (Å²) in [5, 5.41) is 4.35. The lowest BCUT2D eigenvalue weighted by molar-refractivity contribution is 0.0891. The monoisotopic (exact) mass is 280 g/mol. The van der Waals surface area contributed by atoms with Crippen molar-refractivity contribution in [1.29, 1.82) is 0 Å². The fourth-order valence-electron chi connectivity index (χ4n) is 1.60. The van der Waals surface area contributed by atoms with Crippen LogP contribution in [0, 0.1) is 0 Å². The molecule has 0 aromatic carbocycles. The Kier molecular flexibility index (Phi) is 4.37. The Balaban J connectivity index is 0.000000980. The van der Waals surface area contributed by atoms with Crippen LogP contribution in [0.25, 0.3) is 0 Å².